The first-order valence-electron chi connectivity index (χ1n) is 10.1. The lowest BCUT2D eigenvalue weighted by Crippen LogP contribution is -2.61. The summed E-state index contributed by atoms with van der Waals surface area (Å²) < 4.78 is 10.8. The number of hydrogen-bond acceptors (Lipinski definition) is 8. The monoisotopic (exact) mass is 495 g/mol. The lowest BCUT2D eigenvalue weighted by Gasteiger charge is -2.38. The molecule has 1 unspecified atom stereocenters. The van der Waals surface area contributed by atoms with E-state index in [1.54, 1.807) is 26.1 Å². The summed E-state index contributed by atoms with van der Waals surface area (Å²) >= 11 is 11.7. The number of likely N-dealkylation sites (N-methyl/N-ethyl adjacent to an activating group) is 1. The molecule has 3 amide bonds. The van der Waals surface area contributed by atoms with E-state index in [1.165, 1.54) is 28.4 Å². The molecule has 1 fully saturated rings. The van der Waals surface area contributed by atoms with Crippen LogP contribution in [0.25, 0.3) is 0 Å². The quantitative estimate of drug-likeness (QED) is 0.471. The Balaban J connectivity index is 1.51. The Bertz CT molecular complexity index is 1070. The van der Waals surface area contributed by atoms with Gasteiger partial charge in [0.1, 0.15) is 24.6 Å². The van der Waals surface area contributed by atoms with Crippen LogP contribution in [0.15, 0.2) is 30.7 Å². The van der Waals surface area contributed by atoms with Crippen molar-refractivity contribution in [3.8, 4) is 0 Å². The summed E-state index contributed by atoms with van der Waals surface area (Å²) in [5.41, 5.74) is -0.457. The molecule has 13 heteroatoms. The summed E-state index contributed by atoms with van der Waals surface area (Å²) in [4.78, 5) is 53.4. The largest absolute Gasteiger partial charge is 0.517 e. The molecule has 2 aliphatic heterocycles. The number of carbonyl (C=O) groups excluding carboxylic acids is 3. The highest BCUT2D eigenvalue weighted by molar-refractivity contribution is 6.30. The highest BCUT2D eigenvalue weighted by Crippen LogP contribution is 2.36. The first-order valence-corrected chi connectivity index (χ1v) is 10.9. The second-order valence-corrected chi connectivity index (χ2v) is 8.84. The minimum absolute atomic E-state index is 0.0160. The zero-order chi connectivity index (χ0) is 23.8. The third-order valence-electron chi connectivity index (χ3n) is 5.48. The molecular weight excluding hydrogens is 475 g/mol. The lowest BCUT2D eigenvalue weighted by atomic mass is 10.3. The number of alkyl halides is 1. The van der Waals surface area contributed by atoms with E-state index < -0.39 is 29.9 Å². The van der Waals surface area contributed by atoms with E-state index in [1.807, 2.05) is 0 Å². The SMILES string of the molecule is CC(Cl)OC(=O)[N+]1(C)CCN(C(=O)O[C@H]2c3nccnc3C(=O)N2c2ccc(Cl)cn2)CC1. The standard InChI is InChI=1S/C20H21Cl2N6O5/c1-12(21)32-20(31)28(2)9-7-26(8-10-28)19(30)33-18-16-15(23-5-6-24-16)17(29)27(18)14-4-3-13(22)11-25-14/h3-6,11-12,18H,7-10H2,1-2H3/q+1/t12?,18-/m0/s1. The number of fused-ring (bicyclic) bond motifs is 1. The van der Waals surface area contributed by atoms with Crippen molar-refractivity contribution in [2.75, 3.05) is 38.1 Å². The van der Waals surface area contributed by atoms with Crippen LogP contribution in [-0.4, -0.2) is 81.2 Å². The van der Waals surface area contributed by atoms with Crippen molar-refractivity contribution in [2.24, 2.45) is 0 Å². The van der Waals surface area contributed by atoms with Gasteiger partial charge in [0.25, 0.3) is 5.91 Å². The van der Waals surface area contributed by atoms with Crippen LogP contribution >= 0.6 is 23.2 Å². The number of piperazine rings is 1. The van der Waals surface area contributed by atoms with Crippen LogP contribution in [0, 0.1) is 0 Å². The first kappa shape index (κ1) is 23.1. The van der Waals surface area contributed by atoms with Crippen molar-refractivity contribution in [2.45, 2.75) is 18.7 Å². The Labute approximate surface area is 199 Å². The van der Waals surface area contributed by atoms with E-state index in [-0.39, 0.29) is 34.8 Å². The molecule has 174 valence electrons. The molecule has 2 atom stereocenters. The van der Waals surface area contributed by atoms with Crippen molar-refractivity contribution in [1.82, 2.24) is 19.9 Å². The lowest BCUT2D eigenvalue weighted by molar-refractivity contribution is -0.842. The zero-order valence-electron chi connectivity index (χ0n) is 17.9. The molecule has 0 aliphatic carbocycles. The fourth-order valence-electron chi connectivity index (χ4n) is 3.59. The fraction of sp³-hybridized carbons (Fsp3) is 0.400. The van der Waals surface area contributed by atoms with E-state index >= 15 is 0 Å². The molecule has 1 saturated heterocycles. The van der Waals surface area contributed by atoms with E-state index in [2.05, 4.69) is 15.0 Å². The van der Waals surface area contributed by atoms with Gasteiger partial charge in [0.2, 0.25) is 6.23 Å². The van der Waals surface area contributed by atoms with E-state index in [4.69, 9.17) is 32.7 Å². The highest BCUT2D eigenvalue weighted by atomic mass is 35.5. The predicted molar refractivity (Wildman–Crippen MR) is 117 cm³/mol. The number of nitrogens with zero attached hydrogens (tertiary/aromatic N) is 6. The predicted octanol–water partition coefficient (Wildman–Crippen LogP) is 2.80. The Hall–Kier alpha value is -3.02. The Kier molecular flexibility index (Phi) is 6.37. The topological polar surface area (TPSA) is 115 Å². The third kappa shape index (κ3) is 4.56. The Morgan fingerprint density at radius 1 is 1.18 bits per heavy atom. The van der Waals surface area contributed by atoms with Gasteiger partial charge in [-0.1, -0.05) is 23.2 Å². The van der Waals surface area contributed by atoms with Crippen molar-refractivity contribution in [3.63, 3.8) is 0 Å². The summed E-state index contributed by atoms with van der Waals surface area (Å²) in [5, 5.41) is 0.393. The van der Waals surface area contributed by atoms with Crippen molar-refractivity contribution >= 4 is 47.1 Å². The van der Waals surface area contributed by atoms with Crippen molar-refractivity contribution < 1.29 is 28.3 Å². The van der Waals surface area contributed by atoms with Crippen molar-refractivity contribution in [1.29, 1.82) is 0 Å². The summed E-state index contributed by atoms with van der Waals surface area (Å²) in [6.07, 6.45) is 1.92. The molecule has 0 saturated carbocycles. The third-order valence-corrected chi connectivity index (χ3v) is 5.79. The molecule has 0 bridgehead atoms. The van der Waals surface area contributed by atoms with Gasteiger partial charge in [-0.25, -0.2) is 24.1 Å². The minimum Gasteiger partial charge on any atom is -0.419 e. The maximum absolute atomic E-state index is 13.0. The molecule has 2 aliphatic rings. The second kappa shape index (κ2) is 9.08. The van der Waals surface area contributed by atoms with E-state index in [9.17, 15) is 14.4 Å². The smallest absolute Gasteiger partial charge is 0.419 e. The molecule has 33 heavy (non-hydrogen) atoms. The fourth-order valence-corrected chi connectivity index (χ4v) is 3.78. The van der Waals surface area contributed by atoms with E-state index in [0.717, 1.165) is 0 Å². The molecule has 11 nitrogen and oxygen atoms in total. The van der Waals surface area contributed by atoms with Crippen LogP contribution in [0.3, 0.4) is 0 Å². The number of pyridine rings is 1. The average Bonchev–Trinajstić information content (AvgIpc) is 3.06. The van der Waals surface area contributed by atoms with Gasteiger partial charge in [0, 0.05) is 18.6 Å². The summed E-state index contributed by atoms with van der Waals surface area (Å²) in [5.74, 6) is -0.255. The molecule has 4 rings (SSSR count). The highest BCUT2D eigenvalue weighted by Gasteiger charge is 2.45. The molecule has 2 aromatic heterocycles. The number of quaternary nitrogens is 1. The molecule has 0 N–H and O–H groups in total. The molecule has 4 heterocycles. The van der Waals surface area contributed by atoms with Gasteiger partial charge in [-0.15, -0.1) is 0 Å². The summed E-state index contributed by atoms with van der Waals surface area (Å²) in [6, 6.07) is 3.12. The van der Waals surface area contributed by atoms with Crippen LogP contribution in [0.1, 0.15) is 29.3 Å². The molecule has 0 aromatic carbocycles. The van der Waals surface area contributed by atoms with Crippen LogP contribution < -0.4 is 4.90 Å². The Morgan fingerprint density at radius 2 is 1.88 bits per heavy atom. The molecule has 0 radical (unpaired) electrons. The number of carbonyl (C=O) groups is 3. The van der Waals surface area contributed by atoms with Gasteiger partial charge in [0.15, 0.2) is 11.3 Å². The molecular formula is C20H21Cl2N6O5+. The summed E-state index contributed by atoms with van der Waals surface area (Å²) in [6.45, 7) is 2.69. The molecule has 2 aromatic rings. The number of rotatable bonds is 3. The first-order chi connectivity index (χ1) is 15.7. The number of anilines is 1. The normalized spacial score (nSPS) is 20.2. The van der Waals surface area contributed by atoms with E-state index in [0.29, 0.717) is 18.1 Å². The van der Waals surface area contributed by atoms with Crippen LogP contribution in [-0.2, 0) is 9.47 Å². The number of halogens is 2. The van der Waals surface area contributed by atoms with Crippen molar-refractivity contribution in [3.05, 3.63) is 47.1 Å². The van der Waals surface area contributed by atoms with Gasteiger partial charge >= 0.3 is 12.2 Å². The number of amides is 3. The Morgan fingerprint density at radius 3 is 2.52 bits per heavy atom. The molecule has 0 spiro atoms. The van der Waals surface area contributed by atoms with Gasteiger partial charge < -0.3 is 9.47 Å². The number of aromatic nitrogens is 3. The van der Waals surface area contributed by atoms with Gasteiger partial charge in [0.05, 0.1) is 25.2 Å². The number of hydrogen-bond donors (Lipinski definition) is 0. The van der Waals surface area contributed by atoms with Gasteiger partial charge in [-0.05, 0) is 19.1 Å². The summed E-state index contributed by atoms with van der Waals surface area (Å²) in [7, 11) is 1.72. The number of ether oxygens (including phenoxy) is 2. The second-order valence-electron chi connectivity index (χ2n) is 7.79. The van der Waals surface area contributed by atoms with Gasteiger partial charge in [-0.3, -0.25) is 14.7 Å². The maximum Gasteiger partial charge on any atom is 0.517 e. The minimum atomic E-state index is -1.15. The zero-order valence-corrected chi connectivity index (χ0v) is 19.4. The van der Waals surface area contributed by atoms with Gasteiger partial charge in [-0.2, -0.15) is 4.79 Å². The average molecular weight is 496 g/mol. The van der Waals surface area contributed by atoms with Crippen LogP contribution in [0.5, 0.6) is 0 Å². The van der Waals surface area contributed by atoms with Crippen LogP contribution in [0.2, 0.25) is 5.02 Å². The maximum atomic E-state index is 13.0. The van der Waals surface area contributed by atoms with Crippen LogP contribution in [0.4, 0.5) is 15.4 Å².